The highest BCUT2D eigenvalue weighted by Crippen LogP contribution is 2.22. The normalized spacial score (nSPS) is 13.3. The topological polar surface area (TPSA) is 76.4 Å². The smallest absolute Gasteiger partial charge is 0.257 e. The molecule has 0 aliphatic carbocycles. The molecule has 0 saturated heterocycles. The lowest BCUT2D eigenvalue weighted by atomic mass is 9.84. The summed E-state index contributed by atoms with van der Waals surface area (Å²) in [6.45, 7) is 6.01. The van der Waals surface area contributed by atoms with Crippen LogP contribution < -0.4 is 10.1 Å². The Morgan fingerprint density at radius 3 is 2.56 bits per heavy atom. The number of nitrogens with one attached hydrogen (secondary N) is 1. The number of aliphatic hydroxyl groups is 1. The van der Waals surface area contributed by atoms with E-state index in [1.54, 1.807) is 4.68 Å². The zero-order chi connectivity index (χ0) is 18.4. The number of nitrogens with zero attached hydrogens (tertiary/aromatic N) is 2. The van der Waals surface area contributed by atoms with Gasteiger partial charge in [-0.3, -0.25) is 9.48 Å². The number of aliphatic hydroxyl groups excluding tert-OH is 1. The first-order chi connectivity index (χ1) is 11.8. The molecule has 6 nitrogen and oxygen atoms in total. The van der Waals surface area contributed by atoms with Crippen molar-refractivity contribution in [2.75, 3.05) is 19.8 Å². The molecule has 2 rings (SSSR count). The van der Waals surface area contributed by atoms with E-state index in [-0.39, 0.29) is 19.1 Å². The third-order valence-electron chi connectivity index (χ3n) is 4.36. The van der Waals surface area contributed by atoms with Gasteiger partial charge in [0.15, 0.2) is 12.4 Å². The third kappa shape index (κ3) is 5.06. The molecule has 0 radical (unpaired) electrons. The second-order valence-electron chi connectivity index (χ2n) is 6.82. The quantitative estimate of drug-likeness (QED) is 0.764. The second kappa shape index (κ2) is 8.16. The fourth-order valence-electron chi connectivity index (χ4n) is 2.73. The van der Waals surface area contributed by atoms with Crippen LogP contribution >= 0.6 is 0 Å². The molecule has 0 spiro atoms. The molecule has 136 valence electrons. The van der Waals surface area contributed by atoms with Crippen molar-refractivity contribution in [3.05, 3.63) is 47.3 Å². The molecular weight excluding hydrogens is 318 g/mol. The van der Waals surface area contributed by atoms with Crippen LogP contribution in [0, 0.1) is 19.3 Å². The Hall–Kier alpha value is -2.34. The van der Waals surface area contributed by atoms with E-state index in [0.717, 1.165) is 17.0 Å². The summed E-state index contributed by atoms with van der Waals surface area (Å²) in [6, 6.07) is 9.94. The van der Waals surface area contributed by atoms with Gasteiger partial charge in [0, 0.05) is 19.0 Å². The number of carbonyl (C=O) groups excluding carboxylic acids is 1. The third-order valence-corrected chi connectivity index (χ3v) is 4.36. The van der Waals surface area contributed by atoms with Crippen LogP contribution in [0.3, 0.4) is 0 Å². The van der Waals surface area contributed by atoms with Gasteiger partial charge in [-0.15, -0.1) is 0 Å². The molecule has 0 unspecified atom stereocenters. The summed E-state index contributed by atoms with van der Waals surface area (Å²) < 4.78 is 7.34. The van der Waals surface area contributed by atoms with Crippen LogP contribution in [0.2, 0.25) is 0 Å². The van der Waals surface area contributed by atoms with Gasteiger partial charge < -0.3 is 15.2 Å². The maximum Gasteiger partial charge on any atom is 0.257 e. The summed E-state index contributed by atoms with van der Waals surface area (Å²) in [5.74, 6) is 0.433. The van der Waals surface area contributed by atoms with E-state index in [4.69, 9.17) is 4.74 Å². The fourth-order valence-corrected chi connectivity index (χ4v) is 2.73. The number of amides is 1. The monoisotopic (exact) mass is 345 g/mol. The van der Waals surface area contributed by atoms with Crippen molar-refractivity contribution in [1.82, 2.24) is 15.1 Å². The molecule has 1 aromatic heterocycles. The van der Waals surface area contributed by atoms with Gasteiger partial charge in [0.2, 0.25) is 0 Å². The lowest BCUT2D eigenvalue weighted by Gasteiger charge is -2.27. The number of benzene rings is 1. The Bertz CT molecular complexity index is 712. The van der Waals surface area contributed by atoms with E-state index in [1.165, 1.54) is 0 Å². The predicted octanol–water partition coefficient (Wildman–Crippen LogP) is 1.77. The molecule has 1 atom stereocenters. The molecular formula is C19H27N3O3. The number of aryl methyl sites for hydroxylation is 2. The lowest BCUT2D eigenvalue weighted by Crippen LogP contribution is -2.41. The zero-order valence-corrected chi connectivity index (χ0v) is 15.4. The molecule has 1 heterocycles. The van der Waals surface area contributed by atoms with Crippen molar-refractivity contribution in [2.45, 2.75) is 27.2 Å². The van der Waals surface area contributed by atoms with Crippen LogP contribution in [0.4, 0.5) is 0 Å². The maximum absolute atomic E-state index is 12.1. The van der Waals surface area contributed by atoms with Gasteiger partial charge in [0.25, 0.3) is 5.91 Å². The first-order valence-electron chi connectivity index (χ1n) is 8.39. The molecule has 0 aliphatic rings. The Morgan fingerprint density at radius 1 is 1.32 bits per heavy atom. The van der Waals surface area contributed by atoms with Gasteiger partial charge in [-0.2, -0.15) is 5.10 Å². The van der Waals surface area contributed by atoms with E-state index in [2.05, 4.69) is 10.4 Å². The first-order valence-corrected chi connectivity index (χ1v) is 8.39. The van der Waals surface area contributed by atoms with Gasteiger partial charge in [0.1, 0.15) is 5.69 Å². The molecule has 6 heteroatoms. The number of carbonyl (C=O) groups is 1. The van der Waals surface area contributed by atoms with Gasteiger partial charge in [-0.05, 0) is 25.8 Å². The van der Waals surface area contributed by atoms with Crippen LogP contribution in [0.25, 0.3) is 0 Å². The second-order valence-corrected chi connectivity index (χ2v) is 6.82. The standard InChI is InChI=1S/C19H27N3O3/c1-14-18(15(2)22(4)21-14)25-11-17(24)20-12-19(3,13-23)10-16-8-6-5-7-9-16/h5-9,23H,10-13H2,1-4H3,(H,20,24)/t19-/m0/s1. The van der Waals surface area contributed by atoms with Crippen molar-refractivity contribution in [3.63, 3.8) is 0 Å². The van der Waals surface area contributed by atoms with E-state index < -0.39 is 5.41 Å². The minimum atomic E-state index is -0.419. The SMILES string of the molecule is Cc1nn(C)c(C)c1OCC(=O)NC[C@@](C)(CO)Cc1ccccc1. The van der Waals surface area contributed by atoms with Crippen molar-refractivity contribution >= 4 is 5.91 Å². The molecule has 1 aromatic carbocycles. The van der Waals surface area contributed by atoms with Crippen LogP contribution in [0.1, 0.15) is 23.9 Å². The van der Waals surface area contributed by atoms with E-state index in [0.29, 0.717) is 18.7 Å². The molecule has 2 aromatic rings. The van der Waals surface area contributed by atoms with Crippen molar-refractivity contribution < 1.29 is 14.6 Å². The number of ether oxygens (including phenoxy) is 1. The molecule has 1 amide bonds. The van der Waals surface area contributed by atoms with Gasteiger partial charge in [0.05, 0.1) is 12.3 Å². The number of aromatic nitrogens is 2. The molecule has 2 N–H and O–H groups in total. The molecule has 0 aliphatic heterocycles. The highest BCUT2D eigenvalue weighted by atomic mass is 16.5. The molecule has 0 bridgehead atoms. The molecule has 25 heavy (non-hydrogen) atoms. The Balaban J connectivity index is 1.87. The largest absolute Gasteiger partial charge is 0.480 e. The van der Waals surface area contributed by atoms with Gasteiger partial charge in [-0.1, -0.05) is 37.3 Å². The van der Waals surface area contributed by atoms with Crippen molar-refractivity contribution in [1.29, 1.82) is 0 Å². The van der Waals surface area contributed by atoms with Crippen molar-refractivity contribution in [2.24, 2.45) is 12.5 Å². The lowest BCUT2D eigenvalue weighted by molar-refractivity contribution is -0.123. The Kier molecular flexibility index (Phi) is 6.20. The number of rotatable bonds is 8. The predicted molar refractivity (Wildman–Crippen MR) is 96.5 cm³/mol. The summed E-state index contributed by atoms with van der Waals surface area (Å²) in [5.41, 5.74) is 2.36. The van der Waals surface area contributed by atoms with E-state index >= 15 is 0 Å². The van der Waals surface area contributed by atoms with Gasteiger partial charge in [-0.25, -0.2) is 0 Å². The van der Waals surface area contributed by atoms with E-state index in [9.17, 15) is 9.90 Å². The Labute approximate surface area is 148 Å². The highest BCUT2D eigenvalue weighted by molar-refractivity contribution is 5.77. The zero-order valence-electron chi connectivity index (χ0n) is 15.4. The summed E-state index contributed by atoms with van der Waals surface area (Å²) in [7, 11) is 1.84. The molecule has 0 saturated carbocycles. The van der Waals surface area contributed by atoms with Crippen LogP contribution in [0.15, 0.2) is 30.3 Å². The minimum absolute atomic E-state index is 0.0101. The summed E-state index contributed by atoms with van der Waals surface area (Å²) in [6.07, 6.45) is 0.687. The number of hydrogen-bond acceptors (Lipinski definition) is 4. The van der Waals surface area contributed by atoms with Crippen LogP contribution in [0.5, 0.6) is 5.75 Å². The minimum Gasteiger partial charge on any atom is -0.480 e. The molecule has 0 fully saturated rings. The highest BCUT2D eigenvalue weighted by Gasteiger charge is 2.25. The average molecular weight is 345 g/mol. The fraction of sp³-hybridized carbons (Fsp3) is 0.474. The van der Waals surface area contributed by atoms with Crippen LogP contribution in [-0.2, 0) is 18.3 Å². The average Bonchev–Trinajstić information content (AvgIpc) is 2.84. The summed E-state index contributed by atoms with van der Waals surface area (Å²) >= 11 is 0. The summed E-state index contributed by atoms with van der Waals surface area (Å²) in [5, 5.41) is 16.9. The van der Waals surface area contributed by atoms with Crippen molar-refractivity contribution in [3.8, 4) is 5.75 Å². The first kappa shape index (κ1) is 19.0. The summed E-state index contributed by atoms with van der Waals surface area (Å²) in [4.78, 5) is 12.1. The van der Waals surface area contributed by atoms with Crippen LogP contribution in [-0.4, -0.2) is 40.6 Å². The number of hydrogen-bond donors (Lipinski definition) is 2. The van der Waals surface area contributed by atoms with Gasteiger partial charge >= 0.3 is 0 Å². The van der Waals surface area contributed by atoms with E-state index in [1.807, 2.05) is 58.2 Å². The maximum atomic E-state index is 12.1. The Morgan fingerprint density at radius 2 is 2.00 bits per heavy atom.